The van der Waals surface area contributed by atoms with Crippen molar-refractivity contribution >= 4 is 11.9 Å². The number of hydrogen-bond donors (Lipinski definition) is 1. The van der Waals surface area contributed by atoms with E-state index in [1.54, 1.807) is 12.3 Å². The summed E-state index contributed by atoms with van der Waals surface area (Å²) in [7, 11) is 0. The number of aromatic nitrogens is 2. The zero-order chi connectivity index (χ0) is 15.5. The minimum absolute atomic E-state index is 0.0565. The van der Waals surface area contributed by atoms with Crippen molar-refractivity contribution in [2.75, 3.05) is 18.0 Å². The van der Waals surface area contributed by atoms with Gasteiger partial charge in [-0.1, -0.05) is 20.8 Å². The monoisotopic (exact) mass is 287 g/mol. The van der Waals surface area contributed by atoms with Gasteiger partial charge in [0.2, 0.25) is 11.9 Å². The molecule has 0 bridgehead atoms. The van der Waals surface area contributed by atoms with Gasteiger partial charge < -0.3 is 10.2 Å². The van der Waals surface area contributed by atoms with Crippen molar-refractivity contribution in [3.63, 3.8) is 0 Å². The maximum Gasteiger partial charge on any atom is 0.226 e. The van der Waals surface area contributed by atoms with Gasteiger partial charge in [0.1, 0.15) is 11.8 Å². The molecule has 6 nitrogen and oxygen atoms in total. The van der Waals surface area contributed by atoms with Crippen LogP contribution in [0.3, 0.4) is 0 Å². The van der Waals surface area contributed by atoms with Crippen LogP contribution in [-0.4, -0.2) is 35.0 Å². The molecule has 0 aromatic carbocycles. The highest BCUT2D eigenvalue weighted by molar-refractivity contribution is 5.81. The molecule has 1 unspecified atom stereocenters. The number of piperidine rings is 1. The highest BCUT2D eigenvalue weighted by Crippen LogP contribution is 2.18. The van der Waals surface area contributed by atoms with Crippen molar-refractivity contribution in [3.8, 4) is 6.07 Å². The second-order valence-corrected chi connectivity index (χ2v) is 6.36. The van der Waals surface area contributed by atoms with Gasteiger partial charge in [0.15, 0.2) is 0 Å². The van der Waals surface area contributed by atoms with Crippen molar-refractivity contribution in [2.45, 2.75) is 39.7 Å². The van der Waals surface area contributed by atoms with Crippen LogP contribution in [0.4, 0.5) is 5.95 Å². The Kier molecular flexibility index (Phi) is 4.41. The molecular formula is C15H21N5O. The first-order valence-corrected chi connectivity index (χ1v) is 7.19. The number of hydrogen-bond acceptors (Lipinski definition) is 5. The summed E-state index contributed by atoms with van der Waals surface area (Å²) in [6, 6.07) is 3.71. The third-order valence-electron chi connectivity index (χ3n) is 3.48. The molecule has 1 aliphatic rings. The topological polar surface area (TPSA) is 81.9 Å². The van der Waals surface area contributed by atoms with Crippen molar-refractivity contribution < 1.29 is 4.79 Å². The molecule has 0 radical (unpaired) electrons. The minimum Gasteiger partial charge on any atom is -0.351 e. The lowest BCUT2D eigenvalue weighted by molar-refractivity contribution is -0.129. The van der Waals surface area contributed by atoms with E-state index in [1.807, 2.05) is 31.7 Å². The quantitative estimate of drug-likeness (QED) is 0.891. The van der Waals surface area contributed by atoms with E-state index in [2.05, 4.69) is 15.3 Å². The molecule has 2 rings (SSSR count). The number of nitriles is 1. The smallest absolute Gasteiger partial charge is 0.226 e. The fourth-order valence-corrected chi connectivity index (χ4v) is 2.24. The molecule has 21 heavy (non-hydrogen) atoms. The first-order valence-electron chi connectivity index (χ1n) is 7.19. The number of nitrogens with one attached hydrogen (secondary N) is 1. The van der Waals surface area contributed by atoms with Gasteiger partial charge in [-0.3, -0.25) is 4.79 Å². The van der Waals surface area contributed by atoms with E-state index in [0.717, 1.165) is 19.4 Å². The van der Waals surface area contributed by atoms with Gasteiger partial charge in [0, 0.05) is 30.7 Å². The summed E-state index contributed by atoms with van der Waals surface area (Å²) in [5.74, 6) is 0.616. The Labute approximate surface area is 125 Å². The summed E-state index contributed by atoms with van der Waals surface area (Å²) >= 11 is 0. The Balaban J connectivity index is 2.04. The number of anilines is 1. The molecule has 1 saturated heterocycles. The lowest BCUT2D eigenvalue weighted by atomic mass is 9.94. The summed E-state index contributed by atoms with van der Waals surface area (Å²) in [4.78, 5) is 22.5. The van der Waals surface area contributed by atoms with Crippen molar-refractivity contribution in [1.29, 1.82) is 5.26 Å². The number of carbonyl (C=O) groups excluding carboxylic acids is 1. The maximum atomic E-state index is 12.1. The van der Waals surface area contributed by atoms with E-state index in [4.69, 9.17) is 5.26 Å². The fourth-order valence-electron chi connectivity index (χ4n) is 2.24. The Morgan fingerprint density at radius 1 is 1.52 bits per heavy atom. The van der Waals surface area contributed by atoms with Crippen molar-refractivity contribution in [2.24, 2.45) is 5.41 Å². The van der Waals surface area contributed by atoms with Crippen LogP contribution in [0, 0.1) is 16.7 Å². The molecule has 1 aromatic heterocycles. The lowest BCUT2D eigenvalue weighted by Crippen LogP contribution is -2.50. The Hall–Kier alpha value is -2.16. The van der Waals surface area contributed by atoms with Gasteiger partial charge in [-0.05, 0) is 18.9 Å². The Morgan fingerprint density at radius 2 is 2.29 bits per heavy atom. The lowest BCUT2D eigenvalue weighted by Gasteiger charge is -2.34. The fraction of sp³-hybridized carbons (Fsp3) is 0.600. The van der Waals surface area contributed by atoms with Crippen molar-refractivity contribution in [1.82, 2.24) is 15.3 Å². The van der Waals surface area contributed by atoms with E-state index in [1.165, 1.54) is 0 Å². The number of carbonyl (C=O) groups is 1. The average molecular weight is 287 g/mol. The standard InChI is InChI=1S/C15H21N5O/c1-15(2,3)13(21)18-12-5-4-8-20(10-12)14-17-7-6-11(9-16)19-14/h6-7,12H,4-5,8,10H2,1-3H3,(H,18,21). The molecule has 0 spiro atoms. The first kappa shape index (κ1) is 15.2. The van der Waals surface area contributed by atoms with Gasteiger partial charge in [-0.2, -0.15) is 5.26 Å². The summed E-state index contributed by atoms with van der Waals surface area (Å²) < 4.78 is 0. The molecule has 2 heterocycles. The van der Waals surface area contributed by atoms with Crippen LogP contribution >= 0.6 is 0 Å². The van der Waals surface area contributed by atoms with Crippen LogP contribution in [0.2, 0.25) is 0 Å². The first-order chi connectivity index (χ1) is 9.90. The predicted octanol–water partition coefficient (Wildman–Crippen LogP) is 1.48. The maximum absolute atomic E-state index is 12.1. The molecular weight excluding hydrogens is 266 g/mol. The largest absolute Gasteiger partial charge is 0.351 e. The molecule has 1 fully saturated rings. The van der Waals surface area contributed by atoms with Gasteiger partial charge in [-0.15, -0.1) is 0 Å². The summed E-state index contributed by atoms with van der Waals surface area (Å²) in [6.07, 6.45) is 3.52. The van der Waals surface area contributed by atoms with Crippen LogP contribution in [0.25, 0.3) is 0 Å². The van der Waals surface area contributed by atoms with Gasteiger partial charge in [0.25, 0.3) is 0 Å². The van der Waals surface area contributed by atoms with E-state index >= 15 is 0 Å². The minimum atomic E-state index is -0.389. The second kappa shape index (κ2) is 6.08. The van der Waals surface area contributed by atoms with E-state index in [9.17, 15) is 4.79 Å². The van der Waals surface area contributed by atoms with Crippen LogP contribution < -0.4 is 10.2 Å². The van der Waals surface area contributed by atoms with Crippen molar-refractivity contribution in [3.05, 3.63) is 18.0 Å². The summed E-state index contributed by atoms with van der Waals surface area (Å²) in [5, 5.41) is 12.0. The zero-order valence-electron chi connectivity index (χ0n) is 12.8. The molecule has 1 N–H and O–H groups in total. The summed E-state index contributed by atoms with van der Waals surface area (Å²) in [6.45, 7) is 7.24. The highest BCUT2D eigenvalue weighted by atomic mass is 16.2. The van der Waals surface area contributed by atoms with E-state index in [0.29, 0.717) is 18.2 Å². The normalized spacial score (nSPS) is 19.0. The molecule has 1 aromatic rings. The Morgan fingerprint density at radius 3 is 2.95 bits per heavy atom. The molecule has 0 saturated carbocycles. The van der Waals surface area contributed by atoms with Crippen LogP contribution in [0.15, 0.2) is 12.3 Å². The molecule has 1 aliphatic heterocycles. The van der Waals surface area contributed by atoms with Crippen LogP contribution in [0.5, 0.6) is 0 Å². The Bertz CT molecular complexity index is 558. The van der Waals surface area contributed by atoms with Crippen LogP contribution in [-0.2, 0) is 4.79 Å². The van der Waals surface area contributed by atoms with Gasteiger partial charge >= 0.3 is 0 Å². The van der Waals surface area contributed by atoms with Gasteiger partial charge in [0.05, 0.1) is 0 Å². The van der Waals surface area contributed by atoms with Gasteiger partial charge in [-0.25, -0.2) is 9.97 Å². The van der Waals surface area contributed by atoms with E-state index < -0.39 is 0 Å². The third kappa shape index (κ3) is 3.91. The second-order valence-electron chi connectivity index (χ2n) is 6.36. The number of rotatable bonds is 2. The average Bonchev–Trinajstić information content (AvgIpc) is 2.46. The van der Waals surface area contributed by atoms with E-state index in [-0.39, 0.29) is 17.4 Å². The zero-order valence-corrected chi connectivity index (χ0v) is 12.8. The molecule has 0 aliphatic carbocycles. The molecule has 6 heteroatoms. The SMILES string of the molecule is CC(C)(C)C(=O)NC1CCCN(c2nccc(C#N)n2)C1. The molecule has 1 atom stereocenters. The summed E-state index contributed by atoms with van der Waals surface area (Å²) in [5.41, 5.74) is -0.0275. The number of nitrogens with zero attached hydrogens (tertiary/aromatic N) is 4. The molecule has 112 valence electrons. The predicted molar refractivity (Wildman–Crippen MR) is 79.6 cm³/mol. The highest BCUT2D eigenvalue weighted by Gasteiger charge is 2.27. The molecule has 1 amide bonds. The number of amides is 1. The van der Waals surface area contributed by atoms with Crippen LogP contribution in [0.1, 0.15) is 39.3 Å². The third-order valence-corrected chi connectivity index (χ3v) is 3.48.